The lowest BCUT2D eigenvalue weighted by Gasteiger charge is -2.30. The van der Waals surface area contributed by atoms with E-state index in [0.717, 1.165) is 37.4 Å². The predicted octanol–water partition coefficient (Wildman–Crippen LogP) is 1.93. The Labute approximate surface area is 108 Å². The van der Waals surface area contributed by atoms with Crippen molar-refractivity contribution in [3.63, 3.8) is 0 Å². The highest BCUT2D eigenvalue weighted by Crippen LogP contribution is 2.30. The molecule has 0 aromatic heterocycles. The maximum Gasteiger partial charge on any atom is 0.121 e. The average Bonchev–Trinajstić information content (AvgIpc) is 2.41. The van der Waals surface area contributed by atoms with E-state index in [4.69, 9.17) is 15.3 Å². The standard InChI is InChI=1S/C14H22N2O2/c1-10-8-11(5-6-13(10)17-2)14(16-15)12-4-3-7-18-9-12/h5-6,8,12,14,16H,3-4,7,9,15H2,1-2H3. The van der Waals surface area contributed by atoms with Crippen molar-refractivity contribution in [2.24, 2.45) is 11.8 Å². The lowest BCUT2D eigenvalue weighted by molar-refractivity contribution is 0.0390. The third-order valence-corrected chi connectivity index (χ3v) is 3.62. The molecule has 0 aliphatic carbocycles. The van der Waals surface area contributed by atoms with Crippen LogP contribution in [0.1, 0.15) is 30.0 Å². The average molecular weight is 250 g/mol. The largest absolute Gasteiger partial charge is 0.496 e. The van der Waals surface area contributed by atoms with E-state index in [1.165, 1.54) is 5.56 Å². The molecule has 4 nitrogen and oxygen atoms in total. The number of aryl methyl sites for hydroxylation is 1. The summed E-state index contributed by atoms with van der Waals surface area (Å²) in [7, 11) is 1.69. The van der Waals surface area contributed by atoms with Crippen molar-refractivity contribution in [1.82, 2.24) is 5.43 Å². The number of nitrogens with one attached hydrogen (secondary N) is 1. The molecule has 18 heavy (non-hydrogen) atoms. The molecule has 1 aromatic rings. The molecule has 1 saturated heterocycles. The first-order valence-electron chi connectivity index (χ1n) is 6.44. The van der Waals surface area contributed by atoms with Gasteiger partial charge in [-0.1, -0.05) is 12.1 Å². The third-order valence-electron chi connectivity index (χ3n) is 3.62. The number of methoxy groups -OCH3 is 1. The van der Waals surface area contributed by atoms with Crippen LogP contribution in [-0.4, -0.2) is 20.3 Å². The zero-order valence-corrected chi connectivity index (χ0v) is 11.1. The van der Waals surface area contributed by atoms with Crippen LogP contribution >= 0.6 is 0 Å². The highest BCUT2D eigenvalue weighted by Gasteiger charge is 2.25. The van der Waals surface area contributed by atoms with E-state index in [2.05, 4.69) is 17.6 Å². The molecule has 3 N–H and O–H groups in total. The number of nitrogens with two attached hydrogens (primary N) is 1. The molecule has 100 valence electrons. The van der Waals surface area contributed by atoms with E-state index in [0.29, 0.717) is 5.92 Å². The first kappa shape index (κ1) is 13.3. The van der Waals surface area contributed by atoms with Crippen molar-refractivity contribution in [2.75, 3.05) is 20.3 Å². The van der Waals surface area contributed by atoms with Crippen molar-refractivity contribution >= 4 is 0 Å². The van der Waals surface area contributed by atoms with Crippen LogP contribution < -0.4 is 16.0 Å². The lowest BCUT2D eigenvalue weighted by Crippen LogP contribution is -2.37. The summed E-state index contributed by atoms with van der Waals surface area (Å²) in [5.74, 6) is 7.07. The first-order valence-corrected chi connectivity index (χ1v) is 6.44. The van der Waals surface area contributed by atoms with Gasteiger partial charge >= 0.3 is 0 Å². The highest BCUT2D eigenvalue weighted by molar-refractivity contribution is 5.37. The Balaban J connectivity index is 2.18. The molecule has 0 bridgehead atoms. The molecule has 4 heteroatoms. The van der Waals surface area contributed by atoms with E-state index in [1.807, 2.05) is 13.0 Å². The minimum Gasteiger partial charge on any atom is -0.496 e. The van der Waals surface area contributed by atoms with Gasteiger partial charge in [0.15, 0.2) is 0 Å². The Morgan fingerprint density at radius 3 is 2.89 bits per heavy atom. The van der Waals surface area contributed by atoms with Crippen LogP contribution in [0, 0.1) is 12.8 Å². The number of hydrazine groups is 1. The van der Waals surface area contributed by atoms with E-state index in [-0.39, 0.29) is 6.04 Å². The second kappa shape index (κ2) is 6.18. The fraction of sp³-hybridized carbons (Fsp3) is 0.571. The number of rotatable bonds is 4. The van der Waals surface area contributed by atoms with E-state index < -0.39 is 0 Å². The Morgan fingerprint density at radius 1 is 1.50 bits per heavy atom. The number of benzene rings is 1. The predicted molar refractivity (Wildman–Crippen MR) is 71.3 cm³/mol. The fourth-order valence-electron chi connectivity index (χ4n) is 2.63. The molecule has 1 aromatic carbocycles. The van der Waals surface area contributed by atoms with E-state index >= 15 is 0 Å². The van der Waals surface area contributed by atoms with Crippen LogP contribution in [0.5, 0.6) is 5.75 Å². The summed E-state index contributed by atoms with van der Waals surface area (Å²) in [6.07, 6.45) is 2.26. The van der Waals surface area contributed by atoms with Crippen molar-refractivity contribution in [1.29, 1.82) is 0 Å². The quantitative estimate of drug-likeness (QED) is 0.633. The highest BCUT2D eigenvalue weighted by atomic mass is 16.5. The maximum atomic E-state index is 5.72. The van der Waals surface area contributed by atoms with Crippen molar-refractivity contribution in [2.45, 2.75) is 25.8 Å². The summed E-state index contributed by atoms with van der Waals surface area (Å²) in [6.45, 7) is 3.70. The van der Waals surface area contributed by atoms with E-state index in [9.17, 15) is 0 Å². The van der Waals surface area contributed by atoms with Gasteiger partial charge in [-0.15, -0.1) is 0 Å². The summed E-state index contributed by atoms with van der Waals surface area (Å²) in [6, 6.07) is 6.36. The second-order valence-electron chi connectivity index (χ2n) is 4.85. The topological polar surface area (TPSA) is 56.5 Å². The van der Waals surface area contributed by atoms with Crippen molar-refractivity contribution in [3.8, 4) is 5.75 Å². The zero-order valence-electron chi connectivity index (χ0n) is 11.1. The molecule has 2 unspecified atom stereocenters. The van der Waals surface area contributed by atoms with Crippen molar-refractivity contribution < 1.29 is 9.47 Å². The Kier molecular flexibility index (Phi) is 4.58. The lowest BCUT2D eigenvalue weighted by atomic mass is 9.88. The van der Waals surface area contributed by atoms with Gasteiger partial charge in [-0.25, -0.2) is 0 Å². The van der Waals surface area contributed by atoms with E-state index in [1.54, 1.807) is 7.11 Å². The van der Waals surface area contributed by atoms with Gasteiger partial charge in [0.25, 0.3) is 0 Å². The first-order chi connectivity index (χ1) is 8.76. The van der Waals surface area contributed by atoms with Crippen LogP contribution in [0.25, 0.3) is 0 Å². The Bertz CT molecular complexity index is 389. The third kappa shape index (κ3) is 2.83. The van der Waals surface area contributed by atoms with Gasteiger partial charge in [0, 0.05) is 12.5 Å². The summed E-state index contributed by atoms with van der Waals surface area (Å²) in [4.78, 5) is 0. The molecule has 1 fully saturated rings. The van der Waals surface area contributed by atoms with Gasteiger partial charge in [-0.05, 0) is 37.0 Å². The van der Waals surface area contributed by atoms with Gasteiger partial charge in [0.1, 0.15) is 5.75 Å². The Hall–Kier alpha value is -1.10. The van der Waals surface area contributed by atoms with Crippen LogP contribution in [0.3, 0.4) is 0 Å². The molecular formula is C14H22N2O2. The molecular weight excluding hydrogens is 228 g/mol. The van der Waals surface area contributed by atoms with Crippen molar-refractivity contribution in [3.05, 3.63) is 29.3 Å². The molecule has 0 amide bonds. The molecule has 0 saturated carbocycles. The van der Waals surface area contributed by atoms with Crippen LogP contribution in [0.4, 0.5) is 0 Å². The summed E-state index contributed by atoms with van der Waals surface area (Å²) in [5.41, 5.74) is 5.26. The summed E-state index contributed by atoms with van der Waals surface area (Å²) < 4.78 is 10.8. The van der Waals surface area contributed by atoms with Gasteiger partial charge in [-0.3, -0.25) is 11.3 Å². The van der Waals surface area contributed by atoms with Gasteiger partial charge < -0.3 is 9.47 Å². The second-order valence-corrected chi connectivity index (χ2v) is 4.85. The van der Waals surface area contributed by atoms with Crippen LogP contribution in [-0.2, 0) is 4.74 Å². The Morgan fingerprint density at radius 2 is 2.33 bits per heavy atom. The SMILES string of the molecule is COc1ccc(C(NN)C2CCCOC2)cc1C. The summed E-state index contributed by atoms with van der Waals surface area (Å²) >= 11 is 0. The molecule has 0 radical (unpaired) electrons. The summed E-state index contributed by atoms with van der Waals surface area (Å²) in [5, 5.41) is 0. The monoisotopic (exact) mass is 250 g/mol. The molecule has 0 spiro atoms. The molecule has 1 aliphatic heterocycles. The normalized spacial score (nSPS) is 21.6. The zero-order chi connectivity index (χ0) is 13.0. The molecule has 1 heterocycles. The molecule has 2 atom stereocenters. The van der Waals surface area contributed by atoms with Gasteiger partial charge in [0.2, 0.25) is 0 Å². The van der Waals surface area contributed by atoms with Gasteiger partial charge in [0.05, 0.1) is 19.8 Å². The smallest absolute Gasteiger partial charge is 0.121 e. The number of hydrogen-bond donors (Lipinski definition) is 2. The number of hydrogen-bond acceptors (Lipinski definition) is 4. The molecule has 2 rings (SSSR count). The fourth-order valence-corrected chi connectivity index (χ4v) is 2.63. The van der Waals surface area contributed by atoms with Crippen LogP contribution in [0.2, 0.25) is 0 Å². The minimum atomic E-state index is 0.148. The van der Waals surface area contributed by atoms with Crippen LogP contribution in [0.15, 0.2) is 18.2 Å². The number of ether oxygens (including phenoxy) is 2. The molecule has 1 aliphatic rings. The maximum absolute atomic E-state index is 5.72. The van der Waals surface area contributed by atoms with Gasteiger partial charge in [-0.2, -0.15) is 0 Å². The minimum absolute atomic E-state index is 0.148.